The van der Waals surface area contributed by atoms with Gasteiger partial charge in [-0.3, -0.25) is 23.2 Å². The highest BCUT2D eigenvalue weighted by Crippen LogP contribution is 2.49. The molecule has 0 amide bonds. The molecule has 1 saturated carbocycles. The Morgan fingerprint density at radius 3 is 1.68 bits per heavy atom. The molecule has 8 N–H and O–H groups in total. The summed E-state index contributed by atoms with van der Waals surface area (Å²) in [5.41, 5.74) is 0. The van der Waals surface area contributed by atoms with Crippen LogP contribution >= 0.6 is 15.6 Å². The predicted octanol–water partition coefficient (Wildman–Crippen LogP) is 7.58. The summed E-state index contributed by atoms with van der Waals surface area (Å²) in [6.45, 7) is 2.75. The van der Waals surface area contributed by atoms with Crippen molar-refractivity contribution < 1.29 is 82.0 Å². The fourth-order valence-corrected chi connectivity index (χ4v) is 7.96. The van der Waals surface area contributed by atoms with Crippen molar-refractivity contribution >= 4 is 27.6 Å². The molecule has 1 aliphatic carbocycles. The Bertz CT molecular complexity index is 1620. The Balaban J connectivity index is 2.73. The van der Waals surface area contributed by atoms with Gasteiger partial charge in [-0.1, -0.05) is 137 Å². The first-order valence-electron chi connectivity index (χ1n) is 23.2. The summed E-state index contributed by atoms with van der Waals surface area (Å²) in [4.78, 5) is 54.2. The number of hydrogen-bond donors (Lipinski definition) is 8. The number of allylic oxidation sites excluding steroid dienone is 13. The highest BCUT2D eigenvalue weighted by atomic mass is 31.2. The average Bonchev–Trinajstić information content (AvgIpc) is 3.27. The monoisotopic (exact) mass is 976 g/mol. The molecule has 19 heteroatoms. The van der Waals surface area contributed by atoms with Crippen molar-refractivity contribution in [2.75, 3.05) is 13.2 Å². The minimum absolute atomic E-state index is 0.0562. The van der Waals surface area contributed by atoms with E-state index in [-0.39, 0.29) is 19.3 Å². The molecule has 0 aromatic heterocycles. The van der Waals surface area contributed by atoms with Crippen molar-refractivity contribution in [3.05, 3.63) is 85.1 Å². The molecular formula is C47H78O17P2. The standard InChI is InChI=1S/C47H78O17P2/c1-3-5-7-9-11-13-15-17-18-19-21-22-24-26-28-30-32-38(48)34-35-41(50)62-39(36-60-40(49)33-31-29-27-25-23-20-16-14-12-10-8-6-4-2)37-61-66(58,59)64-47-44(53)42(51)43(52)46(45(47)54)63-65(55,56)57/h5,7,11,13-14,16-18,21-22,26,28,30,32,38-39,42-48,51-54H,3-4,6,8-10,12,15,19-20,23-25,27,29,31,33-37H2,1-2H3,(H,58,59)(H2,55,56,57)/b7-5-,13-11-,16-14-,18-17-,22-21-,28-26-,32-30-/t38?,39-,42?,43?,44?,45?,46-,47+/m1/s1. The van der Waals surface area contributed by atoms with Crippen molar-refractivity contribution in [1.29, 1.82) is 0 Å². The number of unbranched alkanes of at least 4 members (excludes halogenated alkanes) is 9. The fourth-order valence-electron chi connectivity index (χ4n) is 6.42. The van der Waals surface area contributed by atoms with Gasteiger partial charge in [0.15, 0.2) is 6.10 Å². The number of hydrogen-bond acceptors (Lipinski definition) is 14. The van der Waals surface area contributed by atoms with Crippen molar-refractivity contribution in [1.82, 2.24) is 0 Å². The third-order valence-corrected chi connectivity index (χ3v) is 11.6. The van der Waals surface area contributed by atoms with Crippen LogP contribution in [-0.2, 0) is 41.8 Å². The molecule has 0 bridgehead atoms. The zero-order chi connectivity index (χ0) is 49.1. The Morgan fingerprint density at radius 2 is 1.11 bits per heavy atom. The van der Waals surface area contributed by atoms with Crippen LogP contribution in [0.3, 0.4) is 0 Å². The summed E-state index contributed by atoms with van der Waals surface area (Å²) >= 11 is 0. The molecule has 0 spiro atoms. The second kappa shape index (κ2) is 37.1. The number of rotatable bonds is 37. The second-order valence-corrected chi connectivity index (χ2v) is 18.5. The Kier molecular flexibility index (Phi) is 34.4. The van der Waals surface area contributed by atoms with E-state index in [1.807, 2.05) is 12.2 Å². The summed E-state index contributed by atoms with van der Waals surface area (Å²) in [5, 5.41) is 51.6. The van der Waals surface area contributed by atoms with Gasteiger partial charge in [-0.25, -0.2) is 9.13 Å². The lowest BCUT2D eigenvalue weighted by Gasteiger charge is -2.43. The number of aliphatic hydroxyl groups excluding tert-OH is 5. The first-order chi connectivity index (χ1) is 31.5. The number of phosphoric ester groups is 2. The molecule has 0 radical (unpaired) electrons. The van der Waals surface area contributed by atoms with Gasteiger partial charge in [0.1, 0.15) is 43.2 Å². The highest BCUT2D eigenvalue weighted by molar-refractivity contribution is 7.47. The molecule has 9 atom stereocenters. The van der Waals surface area contributed by atoms with E-state index in [0.29, 0.717) is 12.8 Å². The van der Waals surface area contributed by atoms with E-state index in [1.54, 1.807) is 12.2 Å². The van der Waals surface area contributed by atoms with E-state index in [2.05, 4.69) is 73.1 Å². The van der Waals surface area contributed by atoms with Crippen LogP contribution in [-0.4, -0.2) is 114 Å². The summed E-state index contributed by atoms with van der Waals surface area (Å²) in [5.74, 6) is -1.51. The van der Waals surface area contributed by atoms with E-state index < -0.39 is 89.6 Å². The maximum absolute atomic E-state index is 13.0. The van der Waals surface area contributed by atoms with Crippen LogP contribution in [0.1, 0.15) is 136 Å². The molecule has 0 heterocycles. The minimum atomic E-state index is -5.39. The lowest BCUT2D eigenvalue weighted by atomic mass is 9.85. The van der Waals surface area contributed by atoms with E-state index in [1.165, 1.54) is 31.8 Å². The Morgan fingerprint density at radius 1 is 0.576 bits per heavy atom. The quantitative estimate of drug-likeness (QED) is 0.00979. The van der Waals surface area contributed by atoms with Crippen LogP contribution in [0.4, 0.5) is 0 Å². The van der Waals surface area contributed by atoms with Gasteiger partial charge in [0.2, 0.25) is 0 Å². The van der Waals surface area contributed by atoms with Gasteiger partial charge >= 0.3 is 27.6 Å². The molecule has 66 heavy (non-hydrogen) atoms. The largest absolute Gasteiger partial charge is 0.472 e. The van der Waals surface area contributed by atoms with Crippen molar-refractivity contribution in [3.8, 4) is 0 Å². The van der Waals surface area contributed by atoms with Gasteiger partial charge in [0.25, 0.3) is 0 Å². The zero-order valence-corrected chi connectivity index (χ0v) is 40.5. The van der Waals surface area contributed by atoms with Crippen molar-refractivity contribution in [2.24, 2.45) is 0 Å². The van der Waals surface area contributed by atoms with Crippen LogP contribution in [0, 0.1) is 0 Å². The maximum atomic E-state index is 13.0. The van der Waals surface area contributed by atoms with E-state index in [4.69, 9.17) is 28.3 Å². The maximum Gasteiger partial charge on any atom is 0.472 e. The molecule has 6 unspecified atom stereocenters. The Labute approximate surface area is 391 Å². The first-order valence-corrected chi connectivity index (χ1v) is 26.3. The average molecular weight is 977 g/mol. The molecule has 17 nitrogen and oxygen atoms in total. The van der Waals surface area contributed by atoms with Crippen molar-refractivity contribution in [3.63, 3.8) is 0 Å². The Hall–Kier alpha value is -2.86. The second-order valence-electron chi connectivity index (χ2n) is 15.9. The summed E-state index contributed by atoms with van der Waals surface area (Å²) < 4.78 is 49.1. The summed E-state index contributed by atoms with van der Waals surface area (Å²) in [7, 11) is -10.8. The summed E-state index contributed by atoms with van der Waals surface area (Å²) in [6, 6.07) is 0. The molecule has 1 rings (SSSR count). The lowest BCUT2D eigenvalue weighted by molar-refractivity contribution is -0.216. The van der Waals surface area contributed by atoms with Crippen LogP contribution in [0.5, 0.6) is 0 Å². The number of aliphatic hydroxyl groups is 5. The SMILES string of the molecule is CC/C=C\C/C=C\C/C=C\C/C=C\C/C=C\C=C/C(O)CCC(=O)O[C@H](COC(=O)CCCCCCC/C=C\CCCCCC)COP(=O)(O)O[C@H]1C(O)C(O)C(O)[C@@H](OP(=O)(O)O)C1O. The lowest BCUT2D eigenvalue weighted by Crippen LogP contribution is -2.64. The van der Waals surface area contributed by atoms with Gasteiger partial charge in [0.05, 0.1) is 12.7 Å². The topological polar surface area (TPSA) is 276 Å². The number of phosphoric acid groups is 2. The van der Waals surface area contributed by atoms with E-state index in [0.717, 1.165) is 64.2 Å². The third-order valence-electron chi connectivity index (χ3n) is 10.1. The smallest absolute Gasteiger partial charge is 0.462 e. The van der Waals surface area contributed by atoms with Gasteiger partial charge < -0.3 is 49.7 Å². The van der Waals surface area contributed by atoms with Crippen LogP contribution < -0.4 is 0 Å². The number of carbonyl (C=O) groups is 2. The van der Waals surface area contributed by atoms with Crippen LogP contribution in [0.2, 0.25) is 0 Å². The van der Waals surface area contributed by atoms with Crippen LogP contribution in [0.15, 0.2) is 85.1 Å². The molecule has 1 aliphatic rings. The normalized spacial score (nSPS) is 22.8. The number of carbonyl (C=O) groups excluding carboxylic acids is 2. The van der Waals surface area contributed by atoms with Gasteiger partial charge in [-0.2, -0.15) is 0 Å². The van der Waals surface area contributed by atoms with Crippen molar-refractivity contribution in [2.45, 2.75) is 185 Å². The molecule has 0 saturated heterocycles. The molecule has 1 fully saturated rings. The van der Waals surface area contributed by atoms with Gasteiger partial charge in [-0.05, 0) is 70.6 Å². The molecule has 0 aromatic carbocycles. The minimum Gasteiger partial charge on any atom is -0.462 e. The summed E-state index contributed by atoms with van der Waals surface area (Å²) in [6.07, 6.45) is 27.2. The van der Waals surface area contributed by atoms with E-state index >= 15 is 0 Å². The predicted molar refractivity (Wildman–Crippen MR) is 251 cm³/mol. The fraction of sp³-hybridized carbons (Fsp3) is 0.660. The van der Waals surface area contributed by atoms with Gasteiger partial charge in [-0.15, -0.1) is 0 Å². The van der Waals surface area contributed by atoms with Gasteiger partial charge in [0, 0.05) is 12.8 Å². The van der Waals surface area contributed by atoms with E-state index in [9.17, 15) is 49.1 Å². The third kappa shape index (κ3) is 31.2. The molecule has 0 aromatic rings. The number of ether oxygens (including phenoxy) is 2. The molecule has 378 valence electrons. The zero-order valence-electron chi connectivity index (χ0n) is 38.7. The first kappa shape index (κ1) is 61.2. The molecular weight excluding hydrogens is 898 g/mol. The van der Waals surface area contributed by atoms with Crippen LogP contribution in [0.25, 0.3) is 0 Å². The molecule has 0 aliphatic heterocycles. The number of esters is 2. The highest BCUT2D eigenvalue weighted by Gasteiger charge is 2.54.